The first-order valence-corrected chi connectivity index (χ1v) is 6.78. The fraction of sp³-hybridized carbons (Fsp3) is 0.385. The molecule has 5 heteroatoms. The average molecular weight is 263 g/mol. The molecule has 4 nitrogen and oxygen atoms in total. The molecule has 0 saturated heterocycles. The van der Waals surface area contributed by atoms with Crippen molar-refractivity contribution in [3.8, 4) is 17.0 Å². The topological polar surface area (TPSA) is 47.0 Å². The summed E-state index contributed by atoms with van der Waals surface area (Å²) in [6, 6.07) is 7.92. The maximum absolute atomic E-state index is 5.81. The van der Waals surface area contributed by atoms with Gasteiger partial charge in [0.25, 0.3) is 0 Å². The molecular formula is C13H17N3OS. The standard InChI is InChI=1S/C13H17N3OS/c1-4-14-13-12(15-18-16-13)10-7-5-6-8-11(10)17-9(2)3/h5-9H,4H2,1-3H3,(H,14,16). The van der Waals surface area contributed by atoms with Crippen molar-refractivity contribution in [3.05, 3.63) is 24.3 Å². The Morgan fingerprint density at radius 1 is 1.28 bits per heavy atom. The minimum Gasteiger partial charge on any atom is -0.490 e. The number of anilines is 1. The molecule has 96 valence electrons. The smallest absolute Gasteiger partial charge is 0.168 e. The van der Waals surface area contributed by atoms with E-state index in [2.05, 4.69) is 14.1 Å². The Morgan fingerprint density at radius 3 is 2.78 bits per heavy atom. The van der Waals surface area contributed by atoms with Crippen LogP contribution in [-0.4, -0.2) is 21.4 Å². The van der Waals surface area contributed by atoms with Crippen molar-refractivity contribution < 1.29 is 4.74 Å². The second kappa shape index (κ2) is 5.82. The number of nitrogens with one attached hydrogen (secondary N) is 1. The molecular weight excluding hydrogens is 246 g/mol. The van der Waals surface area contributed by atoms with Gasteiger partial charge >= 0.3 is 0 Å². The van der Waals surface area contributed by atoms with Gasteiger partial charge in [-0.15, -0.1) is 0 Å². The minimum atomic E-state index is 0.139. The highest BCUT2D eigenvalue weighted by Crippen LogP contribution is 2.33. The van der Waals surface area contributed by atoms with E-state index in [4.69, 9.17) is 4.74 Å². The van der Waals surface area contributed by atoms with E-state index in [-0.39, 0.29) is 6.10 Å². The van der Waals surface area contributed by atoms with Crippen molar-refractivity contribution in [1.29, 1.82) is 0 Å². The fourth-order valence-corrected chi connectivity index (χ4v) is 2.21. The number of aromatic nitrogens is 2. The monoisotopic (exact) mass is 263 g/mol. The largest absolute Gasteiger partial charge is 0.490 e. The van der Waals surface area contributed by atoms with Crippen molar-refractivity contribution in [1.82, 2.24) is 8.75 Å². The quantitative estimate of drug-likeness (QED) is 0.898. The molecule has 1 aromatic carbocycles. The number of nitrogens with zero attached hydrogens (tertiary/aromatic N) is 2. The summed E-state index contributed by atoms with van der Waals surface area (Å²) < 4.78 is 14.4. The predicted octanol–water partition coefficient (Wildman–Crippen LogP) is 3.42. The summed E-state index contributed by atoms with van der Waals surface area (Å²) in [7, 11) is 0. The molecule has 2 aromatic rings. The van der Waals surface area contributed by atoms with Crippen molar-refractivity contribution in [3.63, 3.8) is 0 Å². The molecule has 1 aromatic heterocycles. The number of benzene rings is 1. The van der Waals surface area contributed by atoms with Crippen LogP contribution in [0.5, 0.6) is 5.75 Å². The van der Waals surface area contributed by atoms with Crippen LogP contribution in [0.1, 0.15) is 20.8 Å². The normalized spacial score (nSPS) is 10.7. The Balaban J connectivity index is 2.40. The van der Waals surface area contributed by atoms with Crippen LogP contribution in [-0.2, 0) is 0 Å². The molecule has 2 rings (SSSR count). The van der Waals surface area contributed by atoms with E-state index in [9.17, 15) is 0 Å². The van der Waals surface area contributed by atoms with Crippen LogP contribution in [0.2, 0.25) is 0 Å². The molecule has 0 fully saturated rings. The first-order valence-electron chi connectivity index (χ1n) is 6.04. The number of ether oxygens (including phenoxy) is 1. The predicted molar refractivity (Wildman–Crippen MR) is 75.3 cm³/mol. The van der Waals surface area contributed by atoms with Gasteiger partial charge < -0.3 is 10.1 Å². The summed E-state index contributed by atoms with van der Waals surface area (Å²) in [6.45, 7) is 6.90. The van der Waals surface area contributed by atoms with Gasteiger partial charge in [0.1, 0.15) is 11.4 Å². The molecule has 0 aliphatic carbocycles. The van der Waals surface area contributed by atoms with Crippen molar-refractivity contribution in [2.45, 2.75) is 26.9 Å². The number of rotatable bonds is 5. The lowest BCUT2D eigenvalue weighted by Crippen LogP contribution is -2.07. The molecule has 0 saturated carbocycles. The molecule has 0 spiro atoms. The highest BCUT2D eigenvalue weighted by molar-refractivity contribution is 6.99. The van der Waals surface area contributed by atoms with Crippen LogP contribution in [0, 0.1) is 0 Å². The van der Waals surface area contributed by atoms with E-state index in [0.29, 0.717) is 0 Å². The highest BCUT2D eigenvalue weighted by Gasteiger charge is 2.14. The van der Waals surface area contributed by atoms with Gasteiger partial charge in [-0.3, -0.25) is 0 Å². The molecule has 0 amide bonds. The Morgan fingerprint density at radius 2 is 2.06 bits per heavy atom. The number of hydrogen-bond acceptors (Lipinski definition) is 5. The van der Waals surface area contributed by atoms with Gasteiger partial charge in [0.05, 0.1) is 17.8 Å². The summed E-state index contributed by atoms with van der Waals surface area (Å²) in [6.07, 6.45) is 0.139. The first-order chi connectivity index (χ1) is 8.72. The zero-order valence-corrected chi connectivity index (χ0v) is 11.6. The van der Waals surface area contributed by atoms with Crippen LogP contribution in [0.25, 0.3) is 11.3 Å². The van der Waals surface area contributed by atoms with Crippen LogP contribution in [0.4, 0.5) is 5.82 Å². The first kappa shape index (κ1) is 12.8. The van der Waals surface area contributed by atoms with Gasteiger partial charge in [-0.1, -0.05) is 12.1 Å². The third-order valence-corrected chi connectivity index (χ3v) is 2.87. The van der Waals surface area contributed by atoms with Gasteiger partial charge in [-0.25, -0.2) is 0 Å². The molecule has 0 aliphatic heterocycles. The van der Waals surface area contributed by atoms with Gasteiger partial charge in [-0.05, 0) is 32.9 Å². The van der Waals surface area contributed by atoms with Gasteiger partial charge in [0.2, 0.25) is 0 Å². The van der Waals surface area contributed by atoms with Crippen LogP contribution >= 0.6 is 11.7 Å². The van der Waals surface area contributed by atoms with E-state index in [1.54, 1.807) is 0 Å². The van der Waals surface area contributed by atoms with E-state index >= 15 is 0 Å². The summed E-state index contributed by atoms with van der Waals surface area (Å²) in [5.41, 5.74) is 1.84. The van der Waals surface area contributed by atoms with Crippen molar-refractivity contribution in [2.24, 2.45) is 0 Å². The van der Waals surface area contributed by atoms with E-state index in [0.717, 1.165) is 29.4 Å². The summed E-state index contributed by atoms with van der Waals surface area (Å²) in [5.74, 6) is 1.67. The Bertz CT molecular complexity index is 510. The van der Waals surface area contributed by atoms with Crippen molar-refractivity contribution >= 4 is 17.5 Å². The van der Waals surface area contributed by atoms with Gasteiger partial charge in [-0.2, -0.15) is 8.75 Å². The third-order valence-electron chi connectivity index (χ3n) is 2.34. The van der Waals surface area contributed by atoms with Crippen LogP contribution in [0.3, 0.4) is 0 Å². The maximum atomic E-state index is 5.81. The van der Waals surface area contributed by atoms with Crippen molar-refractivity contribution in [2.75, 3.05) is 11.9 Å². The van der Waals surface area contributed by atoms with Gasteiger partial charge in [0.15, 0.2) is 5.82 Å². The molecule has 18 heavy (non-hydrogen) atoms. The molecule has 0 unspecified atom stereocenters. The number of para-hydroxylation sites is 1. The third kappa shape index (κ3) is 2.79. The fourth-order valence-electron chi connectivity index (χ4n) is 1.67. The minimum absolute atomic E-state index is 0.139. The Hall–Kier alpha value is -1.62. The van der Waals surface area contributed by atoms with Gasteiger partial charge in [0, 0.05) is 12.1 Å². The lowest BCUT2D eigenvalue weighted by atomic mass is 10.1. The molecule has 0 radical (unpaired) electrons. The molecule has 1 N–H and O–H groups in total. The SMILES string of the molecule is CCNc1nsnc1-c1ccccc1OC(C)C. The average Bonchev–Trinajstić information content (AvgIpc) is 2.78. The summed E-state index contributed by atoms with van der Waals surface area (Å²) in [5, 5.41) is 3.22. The Kier molecular flexibility index (Phi) is 4.15. The summed E-state index contributed by atoms with van der Waals surface area (Å²) >= 11 is 1.21. The highest BCUT2D eigenvalue weighted by atomic mass is 32.1. The van der Waals surface area contributed by atoms with E-state index in [1.165, 1.54) is 11.7 Å². The zero-order valence-electron chi connectivity index (χ0n) is 10.8. The van der Waals surface area contributed by atoms with E-state index < -0.39 is 0 Å². The molecule has 1 heterocycles. The summed E-state index contributed by atoms with van der Waals surface area (Å²) in [4.78, 5) is 0. The molecule has 0 aliphatic rings. The molecule has 0 atom stereocenters. The number of hydrogen-bond donors (Lipinski definition) is 1. The van der Waals surface area contributed by atoms with Crippen LogP contribution in [0.15, 0.2) is 24.3 Å². The lowest BCUT2D eigenvalue weighted by molar-refractivity contribution is 0.243. The Labute approximate surface area is 111 Å². The second-order valence-corrected chi connectivity index (χ2v) is 4.68. The lowest BCUT2D eigenvalue weighted by Gasteiger charge is -2.13. The zero-order chi connectivity index (χ0) is 13.0. The maximum Gasteiger partial charge on any atom is 0.168 e. The molecule has 0 bridgehead atoms. The van der Waals surface area contributed by atoms with Crippen LogP contribution < -0.4 is 10.1 Å². The second-order valence-electron chi connectivity index (χ2n) is 4.15. The van der Waals surface area contributed by atoms with E-state index in [1.807, 2.05) is 45.0 Å².